The van der Waals surface area contributed by atoms with Crippen molar-refractivity contribution in [1.82, 2.24) is 15.1 Å². The lowest BCUT2D eigenvalue weighted by atomic mass is 9.96. The first-order valence-corrected chi connectivity index (χ1v) is 8.09. The number of rotatable bonds is 3. The zero-order chi connectivity index (χ0) is 17.6. The summed E-state index contributed by atoms with van der Waals surface area (Å²) in [5, 5.41) is 17.1. The first kappa shape index (κ1) is 15.4. The lowest BCUT2D eigenvalue weighted by molar-refractivity contribution is 0.0794. The van der Waals surface area contributed by atoms with Gasteiger partial charge in [-0.3, -0.25) is 9.89 Å². The zero-order valence-electron chi connectivity index (χ0n) is 13.2. The minimum atomic E-state index is -0.0735. The smallest absolute Gasteiger partial charge is 0.254 e. The number of hydrogen-bond acceptors (Lipinski definition) is 3. The van der Waals surface area contributed by atoms with Crippen LogP contribution < -0.4 is 0 Å². The van der Waals surface area contributed by atoms with Crippen molar-refractivity contribution in [3.8, 4) is 17.2 Å². The molecule has 1 aliphatic heterocycles. The van der Waals surface area contributed by atoms with E-state index in [4.69, 9.17) is 16.9 Å². The number of halogens is 1. The number of amides is 1. The number of carbonyl (C=O) groups excluding carboxylic acids is 1. The third-order valence-corrected chi connectivity index (χ3v) is 4.70. The van der Waals surface area contributed by atoms with Gasteiger partial charge in [0.05, 0.1) is 18.1 Å². The second kappa shape index (κ2) is 5.76. The molecule has 0 atom stereocenters. The van der Waals surface area contributed by atoms with Crippen LogP contribution in [0.4, 0.5) is 0 Å². The molecule has 5 nitrogen and oxygen atoms in total. The lowest BCUT2D eigenvalue weighted by Gasteiger charge is -2.14. The second-order valence-corrected chi connectivity index (χ2v) is 6.34. The summed E-state index contributed by atoms with van der Waals surface area (Å²) >= 11 is 6.12. The van der Waals surface area contributed by atoms with Gasteiger partial charge >= 0.3 is 0 Å². The van der Waals surface area contributed by atoms with Crippen molar-refractivity contribution >= 4 is 28.4 Å². The van der Waals surface area contributed by atoms with Gasteiger partial charge in [-0.15, -0.1) is 0 Å². The minimum Gasteiger partial charge on any atom is -0.329 e. The number of fused-ring (bicyclic) bond motifs is 2. The van der Waals surface area contributed by atoms with Gasteiger partial charge in [-0.2, -0.15) is 10.4 Å². The highest BCUT2D eigenvalue weighted by Gasteiger charge is 2.29. The highest BCUT2D eigenvalue weighted by molar-refractivity contribution is 6.34. The number of carbonyl (C=O) groups is 1. The molecule has 0 spiro atoms. The predicted octanol–water partition coefficient (Wildman–Crippen LogP) is 3.92. The number of hydrogen-bond donors (Lipinski definition) is 1. The molecule has 4 rings (SSSR count). The summed E-state index contributed by atoms with van der Waals surface area (Å²) in [6, 6.07) is 13.6. The van der Waals surface area contributed by atoms with Crippen LogP contribution in [0.3, 0.4) is 0 Å². The Kier molecular flexibility index (Phi) is 3.56. The van der Waals surface area contributed by atoms with Gasteiger partial charge in [0.1, 0.15) is 0 Å². The molecule has 0 fully saturated rings. The third-order valence-electron chi connectivity index (χ3n) is 4.41. The Morgan fingerprint density at radius 2 is 2.16 bits per heavy atom. The van der Waals surface area contributed by atoms with Crippen molar-refractivity contribution in [3.63, 3.8) is 0 Å². The highest BCUT2D eigenvalue weighted by Crippen LogP contribution is 2.35. The van der Waals surface area contributed by atoms with Gasteiger partial charge in [-0.1, -0.05) is 36.4 Å². The molecule has 3 aromatic rings. The van der Waals surface area contributed by atoms with Crippen molar-refractivity contribution in [3.05, 3.63) is 64.8 Å². The summed E-state index contributed by atoms with van der Waals surface area (Å²) in [5.74, 6) is -0.0735. The van der Waals surface area contributed by atoms with E-state index in [1.165, 1.54) is 0 Å². The molecule has 2 heterocycles. The molecule has 0 unspecified atom stereocenters. The van der Waals surface area contributed by atoms with Crippen molar-refractivity contribution in [2.75, 3.05) is 6.54 Å². The molecule has 1 aliphatic rings. The molecule has 122 valence electrons. The number of nitriles is 1. The van der Waals surface area contributed by atoms with Gasteiger partial charge in [-0.05, 0) is 34.9 Å². The van der Waals surface area contributed by atoms with E-state index in [-0.39, 0.29) is 12.5 Å². The Balaban J connectivity index is 1.79. The standard InChI is InChI=1S/C19H13ClN4O/c1-11(8-21)9-24-10-16-13(3-2-4-14(16)19(24)25)12-5-6-17-15(7-12)18(20)23-22-17/h2-7H,1,9-10H2,(H,22,23). The van der Waals surface area contributed by atoms with Crippen molar-refractivity contribution in [2.45, 2.75) is 6.54 Å². The SMILES string of the molecule is C=C(C#N)CN1Cc2c(cccc2-c2ccc3[nH]nc(Cl)c3c2)C1=O. The maximum Gasteiger partial charge on any atom is 0.254 e. The van der Waals surface area contributed by atoms with E-state index >= 15 is 0 Å². The number of nitrogens with one attached hydrogen (secondary N) is 1. The van der Waals surface area contributed by atoms with Crippen LogP contribution in [-0.4, -0.2) is 27.5 Å². The van der Waals surface area contributed by atoms with E-state index in [9.17, 15) is 4.79 Å². The largest absolute Gasteiger partial charge is 0.329 e. The highest BCUT2D eigenvalue weighted by atomic mass is 35.5. The fourth-order valence-corrected chi connectivity index (χ4v) is 3.40. The average Bonchev–Trinajstić information content (AvgIpc) is 3.15. The summed E-state index contributed by atoms with van der Waals surface area (Å²) in [5.41, 5.74) is 4.81. The molecule has 0 saturated heterocycles. The number of H-pyrrole nitrogens is 1. The number of benzene rings is 2. The van der Waals surface area contributed by atoms with Crippen LogP contribution in [0.15, 0.2) is 48.6 Å². The van der Waals surface area contributed by atoms with Crippen molar-refractivity contribution in [2.24, 2.45) is 0 Å². The van der Waals surface area contributed by atoms with E-state index in [1.54, 1.807) is 4.90 Å². The van der Waals surface area contributed by atoms with Gasteiger partial charge in [-0.25, -0.2) is 0 Å². The van der Waals surface area contributed by atoms with E-state index in [1.807, 2.05) is 42.5 Å². The zero-order valence-corrected chi connectivity index (χ0v) is 14.0. The summed E-state index contributed by atoms with van der Waals surface area (Å²) in [7, 11) is 0. The van der Waals surface area contributed by atoms with Crippen molar-refractivity contribution in [1.29, 1.82) is 5.26 Å². The maximum absolute atomic E-state index is 12.6. The molecule has 0 radical (unpaired) electrons. The molecule has 1 aromatic heterocycles. The van der Waals surface area contributed by atoms with E-state index in [2.05, 4.69) is 16.8 Å². The number of nitrogens with zero attached hydrogens (tertiary/aromatic N) is 3. The number of aromatic nitrogens is 2. The summed E-state index contributed by atoms with van der Waals surface area (Å²) in [6.07, 6.45) is 0. The fraction of sp³-hybridized carbons (Fsp3) is 0.105. The first-order valence-electron chi connectivity index (χ1n) is 7.71. The normalized spacial score (nSPS) is 13.1. The molecule has 0 bridgehead atoms. The Labute approximate surface area is 149 Å². The minimum absolute atomic E-state index is 0.0735. The molecule has 0 saturated carbocycles. The molecular weight excluding hydrogens is 336 g/mol. The summed E-state index contributed by atoms with van der Waals surface area (Å²) < 4.78 is 0. The molecule has 1 amide bonds. The summed E-state index contributed by atoms with van der Waals surface area (Å²) in [4.78, 5) is 14.2. The van der Waals surface area contributed by atoms with Crippen molar-refractivity contribution < 1.29 is 4.79 Å². The quantitative estimate of drug-likeness (QED) is 0.729. The molecule has 6 heteroatoms. The topological polar surface area (TPSA) is 72.8 Å². The lowest BCUT2D eigenvalue weighted by Crippen LogP contribution is -2.25. The summed E-state index contributed by atoms with van der Waals surface area (Å²) in [6.45, 7) is 4.38. The Morgan fingerprint density at radius 1 is 1.36 bits per heavy atom. The van der Waals surface area contributed by atoms with Crippen LogP contribution >= 0.6 is 11.6 Å². The van der Waals surface area contributed by atoms with Gasteiger partial charge < -0.3 is 4.90 Å². The molecular formula is C19H13ClN4O. The fourth-order valence-electron chi connectivity index (χ4n) is 3.20. The monoisotopic (exact) mass is 348 g/mol. The van der Waals surface area contributed by atoms with E-state index in [0.717, 1.165) is 27.6 Å². The third kappa shape index (κ3) is 2.48. The Morgan fingerprint density at radius 3 is 2.96 bits per heavy atom. The van der Waals surface area contributed by atoms with Crippen LogP contribution in [0.25, 0.3) is 22.0 Å². The predicted molar refractivity (Wildman–Crippen MR) is 96.0 cm³/mol. The maximum atomic E-state index is 12.6. The first-order chi connectivity index (χ1) is 12.1. The van der Waals surface area contributed by atoms with Crippen LogP contribution in [0.5, 0.6) is 0 Å². The van der Waals surface area contributed by atoms with Gasteiger partial charge in [0.2, 0.25) is 0 Å². The molecule has 25 heavy (non-hydrogen) atoms. The Hall–Kier alpha value is -3.10. The molecule has 0 aliphatic carbocycles. The molecule has 2 aromatic carbocycles. The van der Waals surface area contributed by atoms with Gasteiger partial charge in [0.25, 0.3) is 5.91 Å². The van der Waals surface area contributed by atoms with E-state index < -0.39 is 0 Å². The van der Waals surface area contributed by atoms with Crippen LogP contribution in [0, 0.1) is 11.3 Å². The van der Waals surface area contributed by atoms with Crippen LogP contribution in [0.1, 0.15) is 15.9 Å². The second-order valence-electron chi connectivity index (χ2n) is 5.98. The van der Waals surface area contributed by atoms with Gasteiger partial charge in [0.15, 0.2) is 5.15 Å². The van der Waals surface area contributed by atoms with E-state index in [0.29, 0.717) is 22.8 Å². The van der Waals surface area contributed by atoms with Gasteiger partial charge in [0, 0.05) is 23.1 Å². The van der Waals surface area contributed by atoms with Crippen LogP contribution in [-0.2, 0) is 6.54 Å². The number of aromatic amines is 1. The average molecular weight is 349 g/mol. The molecule has 1 N–H and O–H groups in total. The Bertz CT molecular complexity index is 1080. The van der Waals surface area contributed by atoms with Crippen LogP contribution in [0.2, 0.25) is 5.15 Å².